The summed E-state index contributed by atoms with van der Waals surface area (Å²) in [5, 5.41) is 9.19. The lowest BCUT2D eigenvalue weighted by molar-refractivity contribution is -0.135. The van der Waals surface area contributed by atoms with Crippen LogP contribution >= 0.6 is 15.9 Å². The van der Waals surface area contributed by atoms with Crippen LogP contribution in [0, 0.1) is 5.92 Å². The van der Waals surface area contributed by atoms with Gasteiger partial charge in [0.05, 0.1) is 31.2 Å². The molecule has 4 rings (SSSR count). The van der Waals surface area contributed by atoms with E-state index in [2.05, 4.69) is 30.9 Å². The van der Waals surface area contributed by atoms with Crippen molar-refractivity contribution in [2.24, 2.45) is 5.92 Å². The van der Waals surface area contributed by atoms with Gasteiger partial charge in [0.15, 0.2) is 0 Å². The van der Waals surface area contributed by atoms with Crippen molar-refractivity contribution in [3.8, 4) is 11.5 Å². The number of hydrogen-bond donors (Lipinski definition) is 1. The van der Waals surface area contributed by atoms with Crippen LogP contribution in [0.2, 0.25) is 0 Å². The zero-order valence-electron chi connectivity index (χ0n) is 19.5. The maximum atomic E-state index is 12.3. The molecule has 1 aliphatic heterocycles. The summed E-state index contributed by atoms with van der Waals surface area (Å²) in [4.78, 5) is 18.9. The minimum Gasteiger partial charge on any atom is -0.497 e. The topological polar surface area (TPSA) is 81.5 Å². The molecule has 1 aromatic carbocycles. The normalized spacial score (nSPS) is 14.7. The summed E-state index contributed by atoms with van der Waals surface area (Å²) in [5.74, 6) is 2.53. The number of aromatic nitrogens is 3. The van der Waals surface area contributed by atoms with Crippen LogP contribution in [-0.2, 0) is 11.3 Å². The van der Waals surface area contributed by atoms with Crippen LogP contribution in [0.15, 0.2) is 35.1 Å². The maximum absolute atomic E-state index is 12.3. The van der Waals surface area contributed by atoms with E-state index in [-0.39, 0.29) is 17.9 Å². The van der Waals surface area contributed by atoms with Gasteiger partial charge in [-0.25, -0.2) is 4.98 Å². The van der Waals surface area contributed by atoms with Crippen molar-refractivity contribution in [1.82, 2.24) is 19.7 Å². The first kappa shape index (κ1) is 23.4. The first-order chi connectivity index (χ1) is 15.9. The molecule has 1 amide bonds. The Morgan fingerprint density at radius 1 is 1.21 bits per heavy atom. The fraction of sp³-hybridized carbons (Fsp3) is 0.458. The number of nitrogens with zero attached hydrogens (tertiary/aromatic N) is 4. The monoisotopic (exact) mass is 515 g/mol. The highest BCUT2D eigenvalue weighted by molar-refractivity contribution is 9.10. The molecule has 0 aliphatic carbocycles. The average molecular weight is 516 g/mol. The molecule has 0 radical (unpaired) electrons. The zero-order chi connectivity index (χ0) is 23.5. The summed E-state index contributed by atoms with van der Waals surface area (Å²) < 4.78 is 13.6. The molecular weight excluding hydrogens is 486 g/mol. The van der Waals surface area contributed by atoms with E-state index in [0.717, 1.165) is 64.3 Å². The SMILES string of the molecule is COc1ccc(CNc2nccc3c2c(Br)nn3C2CCN(C(=O)C(C)C)CC2)c(OC)c1. The molecule has 1 aliphatic rings. The van der Waals surface area contributed by atoms with Crippen molar-refractivity contribution in [3.05, 3.63) is 40.6 Å². The van der Waals surface area contributed by atoms with Gasteiger partial charge in [0.25, 0.3) is 0 Å². The Balaban J connectivity index is 1.54. The molecule has 0 bridgehead atoms. The molecule has 0 unspecified atom stereocenters. The van der Waals surface area contributed by atoms with Gasteiger partial charge in [-0.3, -0.25) is 9.48 Å². The molecular formula is C24H30BrN5O3. The number of pyridine rings is 1. The largest absolute Gasteiger partial charge is 0.497 e. The Morgan fingerprint density at radius 3 is 2.64 bits per heavy atom. The number of carbonyl (C=O) groups is 1. The van der Waals surface area contributed by atoms with Crippen LogP contribution in [0.1, 0.15) is 38.3 Å². The van der Waals surface area contributed by atoms with E-state index in [0.29, 0.717) is 6.54 Å². The van der Waals surface area contributed by atoms with E-state index in [4.69, 9.17) is 14.6 Å². The van der Waals surface area contributed by atoms with Crippen molar-refractivity contribution in [2.75, 3.05) is 32.6 Å². The fourth-order valence-electron chi connectivity index (χ4n) is 4.33. The molecule has 2 aromatic heterocycles. The minimum absolute atomic E-state index is 0.0326. The van der Waals surface area contributed by atoms with E-state index >= 15 is 0 Å². The molecule has 3 heterocycles. The van der Waals surface area contributed by atoms with Gasteiger partial charge in [-0.05, 0) is 47.0 Å². The van der Waals surface area contributed by atoms with Crippen LogP contribution < -0.4 is 14.8 Å². The van der Waals surface area contributed by atoms with Crippen molar-refractivity contribution >= 4 is 38.6 Å². The lowest BCUT2D eigenvalue weighted by atomic mass is 10.0. The summed E-state index contributed by atoms with van der Waals surface area (Å²) in [6.45, 7) is 5.97. The minimum atomic E-state index is 0.0326. The number of rotatable bonds is 7. The Kier molecular flexibility index (Phi) is 7.07. The van der Waals surface area contributed by atoms with Crippen LogP contribution in [0.5, 0.6) is 11.5 Å². The summed E-state index contributed by atoms with van der Waals surface area (Å²) >= 11 is 3.64. The second-order valence-electron chi connectivity index (χ2n) is 8.53. The highest BCUT2D eigenvalue weighted by Gasteiger charge is 2.27. The Morgan fingerprint density at radius 2 is 1.97 bits per heavy atom. The van der Waals surface area contributed by atoms with Crippen molar-refractivity contribution < 1.29 is 14.3 Å². The molecule has 1 N–H and O–H groups in total. The van der Waals surface area contributed by atoms with Crippen LogP contribution in [0.3, 0.4) is 0 Å². The molecule has 9 heteroatoms. The quantitative estimate of drug-likeness (QED) is 0.493. The molecule has 176 valence electrons. The van der Waals surface area contributed by atoms with Gasteiger partial charge in [-0.2, -0.15) is 5.10 Å². The van der Waals surface area contributed by atoms with Crippen molar-refractivity contribution in [1.29, 1.82) is 0 Å². The zero-order valence-corrected chi connectivity index (χ0v) is 21.1. The van der Waals surface area contributed by atoms with E-state index in [9.17, 15) is 4.79 Å². The van der Waals surface area contributed by atoms with E-state index in [1.165, 1.54) is 0 Å². The van der Waals surface area contributed by atoms with Crippen LogP contribution in [-0.4, -0.2) is 52.9 Å². The number of carbonyl (C=O) groups excluding carboxylic acids is 1. The number of halogens is 1. The molecule has 8 nitrogen and oxygen atoms in total. The first-order valence-corrected chi connectivity index (χ1v) is 12.0. The van der Waals surface area contributed by atoms with Gasteiger partial charge in [-0.1, -0.05) is 13.8 Å². The van der Waals surface area contributed by atoms with Gasteiger partial charge in [0, 0.05) is 43.4 Å². The second-order valence-corrected chi connectivity index (χ2v) is 9.28. The van der Waals surface area contributed by atoms with E-state index in [1.54, 1.807) is 20.4 Å². The first-order valence-electron chi connectivity index (χ1n) is 11.2. The van der Waals surface area contributed by atoms with Crippen LogP contribution in [0.25, 0.3) is 10.9 Å². The molecule has 1 fully saturated rings. The smallest absolute Gasteiger partial charge is 0.225 e. The predicted octanol–water partition coefficient (Wildman–Crippen LogP) is 4.64. The molecule has 3 aromatic rings. The van der Waals surface area contributed by atoms with Crippen LogP contribution in [0.4, 0.5) is 5.82 Å². The fourth-order valence-corrected chi connectivity index (χ4v) is 4.89. The number of likely N-dealkylation sites (tertiary alicyclic amines) is 1. The Labute approximate surface area is 202 Å². The molecule has 0 spiro atoms. The summed E-state index contributed by atoms with van der Waals surface area (Å²) in [6.07, 6.45) is 3.57. The number of anilines is 1. The molecule has 1 saturated heterocycles. The molecule has 0 atom stereocenters. The van der Waals surface area contributed by atoms with Crippen molar-refractivity contribution in [2.45, 2.75) is 39.3 Å². The average Bonchev–Trinajstić information content (AvgIpc) is 3.19. The lowest BCUT2D eigenvalue weighted by Crippen LogP contribution is -2.41. The highest BCUT2D eigenvalue weighted by Crippen LogP contribution is 2.34. The number of fused-ring (bicyclic) bond motifs is 1. The number of benzene rings is 1. The van der Waals surface area contributed by atoms with Gasteiger partial charge in [0.2, 0.25) is 5.91 Å². The van der Waals surface area contributed by atoms with Gasteiger partial charge < -0.3 is 19.7 Å². The number of nitrogens with one attached hydrogen (secondary N) is 1. The number of methoxy groups -OCH3 is 2. The Bertz CT molecular complexity index is 1140. The van der Waals surface area contributed by atoms with Gasteiger partial charge in [0.1, 0.15) is 21.9 Å². The number of hydrogen-bond acceptors (Lipinski definition) is 6. The van der Waals surface area contributed by atoms with Gasteiger partial charge >= 0.3 is 0 Å². The molecule has 33 heavy (non-hydrogen) atoms. The predicted molar refractivity (Wildman–Crippen MR) is 132 cm³/mol. The third kappa shape index (κ3) is 4.78. The Hall–Kier alpha value is -2.81. The maximum Gasteiger partial charge on any atom is 0.225 e. The lowest BCUT2D eigenvalue weighted by Gasteiger charge is -2.33. The summed E-state index contributed by atoms with van der Waals surface area (Å²) in [7, 11) is 3.29. The van der Waals surface area contributed by atoms with E-state index < -0.39 is 0 Å². The third-order valence-corrected chi connectivity index (χ3v) is 6.69. The number of amides is 1. The standard InChI is InChI=1S/C24H30BrN5O3/c1-15(2)24(31)29-11-8-17(9-12-29)30-19-7-10-26-23(21(19)22(25)28-30)27-14-16-5-6-18(32-3)13-20(16)33-4/h5-7,10,13,15,17H,8-9,11-12,14H2,1-4H3,(H,26,27). The summed E-state index contributed by atoms with van der Waals surface area (Å²) in [6, 6.07) is 8.01. The van der Waals surface area contributed by atoms with E-state index in [1.807, 2.05) is 43.0 Å². The van der Waals surface area contributed by atoms with Gasteiger partial charge in [-0.15, -0.1) is 0 Å². The third-order valence-electron chi connectivity index (χ3n) is 6.13. The molecule has 0 saturated carbocycles. The number of ether oxygens (including phenoxy) is 2. The van der Waals surface area contributed by atoms with Crippen molar-refractivity contribution in [3.63, 3.8) is 0 Å². The number of piperidine rings is 1. The summed E-state index contributed by atoms with van der Waals surface area (Å²) in [5.41, 5.74) is 2.03. The highest BCUT2D eigenvalue weighted by atomic mass is 79.9. The second kappa shape index (κ2) is 9.99.